The smallest absolute Gasteiger partial charge is 0.222 e. The third kappa shape index (κ3) is 3.10. The number of fused-ring (bicyclic) bond motifs is 1. The van der Waals surface area contributed by atoms with E-state index in [1.807, 2.05) is 18.2 Å². The van der Waals surface area contributed by atoms with Crippen molar-refractivity contribution in [2.45, 2.75) is 51.7 Å². The molecule has 1 heterocycles. The number of halogens is 1. The Morgan fingerprint density at radius 1 is 1.41 bits per heavy atom. The van der Waals surface area contributed by atoms with Gasteiger partial charge in [-0.05, 0) is 59.6 Å². The van der Waals surface area contributed by atoms with Crippen molar-refractivity contribution in [3.8, 4) is 0 Å². The van der Waals surface area contributed by atoms with E-state index in [4.69, 9.17) is 21.1 Å². The first-order valence-electron chi connectivity index (χ1n) is 10.0. The molecule has 1 aromatic carbocycles. The summed E-state index contributed by atoms with van der Waals surface area (Å²) < 4.78 is 11.4. The molecule has 0 radical (unpaired) electrons. The van der Waals surface area contributed by atoms with Crippen LogP contribution >= 0.6 is 11.6 Å². The summed E-state index contributed by atoms with van der Waals surface area (Å²) in [7, 11) is 1.64. The summed E-state index contributed by atoms with van der Waals surface area (Å²) in [5, 5.41) is 4.16. The third-order valence-corrected chi connectivity index (χ3v) is 7.76. The second kappa shape index (κ2) is 7.06. The maximum atomic E-state index is 12.5. The van der Waals surface area contributed by atoms with Crippen LogP contribution in [0.5, 0.6) is 0 Å². The molecule has 1 aliphatic heterocycles. The number of benzene rings is 1. The Balaban J connectivity index is 1.63. The third-order valence-electron chi connectivity index (χ3n) is 7.52. The highest BCUT2D eigenvalue weighted by molar-refractivity contribution is 6.30. The Hall–Kier alpha value is -1.10. The summed E-state index contributed by atoms with van der Waals surface area (Å²) in [4.78, 5) is 12.5. The predicted octanol–water partition coefficient (Wildman–Crippen LogP) is 4.38. The van der Waals surface area contributed by atoms with Crippen molar-refractivity contribution < 1.29 is 14.3 Å². The Morgan fingerprint density at radius 3 is 2.96 bits per heavy atom. The van der Waals surface area contributed by atoms with E-state index in [2.05, 4.69) is 25.2 Å². The fourth-order valence-electron chi connectivity index (χ4n) is 6.23. The second-order valence-corrected chi connectivity index (χ2v) is 9.57. The zero-order valence-electron chi connectivity index (χ0n) is 16.5. The van der Waals surface area contributed by atoms with Gasteiger partial charge in [0.25, 0.3) is 0 Å². The Bertz CT molecular complexity index is 721. The highest BCUT2D eigenvalue weighted by atomic mass is 35.5. The molecular weight excluding hydrogens is 362 g/mol. The van der Waals surface area contributed by atoms with Gasteiger partial charge < -0.3 is 14.8 Å². The first-order chi connectivity index (χ1) is 12.9. The van der Waals surface area contributed by atoms with Gasteiger partial charge in [0.2, 0.25) is 5.91 Å². The minimum Gasteiger partial charge on any atom is -0.384 e. The first-order valence-corrected chi connectivity index (χ1v) is 10.4. The van der Waals surface area contributed by atoms with Gasteiger partial charge in [0, 0.05) is 31.2 Å². The van der Waals surface area contributed by atoms with E-state index in [1.165, 1.54) is 12.0 Å². The number of hydrogen-bond acceptors (Lipinski definition) is 3. The number of amides is 1. The van der Waals surface area contributed by atoms with Gasteiger partial charge in [0.05, 0.1) is 12.7 Å². The van der Waals surface area contributed by atoms with Crippen LogP contribution in [0, 0.1) is 22.7 Å². The van der Waals surface area contributed by atoms with Crippen molar-refractivity contribution in [3.63, 3.8) is 0 Å². The zero-order chi connectivity index (χ0) is 19.2. The number of ether oxygens (including phenoxy) is 2. The highest BCUT2D eigenvalue weighted by Gasteiger charge is 2.68. The average Bonchev–Trinajstić information content (AvgIpc) is 3.12. The molecule has 27 heavy (non-hydrogen) atoms. The second-order valence-electron chi connectivity index (χ2n) is 9.14. The molecule has 4 rings (SSSR count). The number of rotatable bonds is 5. The van der Waals surface area contributed by atoms with Crippen molar-refractivity contribution in [1.29, 1.82) is 0 Å². The normalized spacial score (nSPS) is 36.4. The van der Waals surface area contributed by atoms with Crippen LogP contribution in [-0.2, 0) is 14.3 Å². The molecule has 1 aromatic rings. The molecule has 148 valence electrons. The maximum absolute atomic E-state index is 12.5. The van der Waals surface area contributed by atoms with Gasteiger partial charge in [-0.3, -0.25) is 4.79 Å². The molecule has 0 aromatic heterocycles. The standard InChI is InChI=1S/C22H30ClNO3/c1-21(2)15-12-17-19(14-5-4-6-16(23)11-14)27-10-8-22(17,13-15)20(21)24-18(25)7-9-26-3/h4-6,11,15,17,19-20H,7-10,12-13H2,1-3H3,(H,24,25)/t15-,17-,19-,20+,22-/m1/s1. The van der Waals surface area contributed by atoms with E-state index in [-0.39, 0.29) is 28.9 Å². The van der Waals surface area contributed by atoms with Crippen molar-refractivity contribution in [2.24, 2.45) is 22.7 Å². The summed E-state index contributed by atoms with van der Waals surface area (Å²) in [6, 6.07) is 8.26. The fraction of sp³-hybridized carbons (Fsp3) is 0.682. The largest absolute Gasteiger partial charge is 0.384 e. The van der Waals surface area contributed by atoms with Crippen LogP contribution < -0.4 is 5.32 Å². The van der Waals surface area contributed by atoms with Crippen LogP contribution in [0.25, 0.3) is 0 Å². The van der Waals surface area contributed by atoms with E-state index in [0.717, 1.165) is 24.5 Å². The summed E-state index contributed by atoms with van der Waals surface area (Å²) in [6.45, 7) is 5.86. The maximum Gasteiger partial charge on any atom is 0.222 e. The van der Waals surface area contributed by atoms with Crippen LogP contribution in [0.3, 0.4) is 0 Å². The molecule has 5 atom stereocenters. The van der Waals surface area contributed by atoms with Crippen LogP contribution in [0.4, 0.5) is 0 Å². The van der Waals surface area contributed by atoms with Crippen LogP contribution in [-0.4, -0.2) is 32.3 Å². The van der Waals surface area contributed by atoms with Gasteiger partial charge in [0.15, 0.2) is 0 Å². The number of hydrogen-bond donors (Lipinski definition) is 1. The zero-order valence-corrected chi connectivity index (χ0v) is 17.2. The Morgan fingerprint density at radius 2 is 2.22 bits per heavy atom. The molecule has 3 fully saturated rings. The average molecular weight is 392 g/mol. The van der Waals surface area contributed by atoms with Crippen LogP contribution in [0.2, 0.25) is 5.02 Å². The lowest BCUT2D eigenvalue weighted by atomic mass is 9.59. The summed E-state index contributed by atoms with van der Waals surface area (Å²) in [6.07, 6.45) is 3.85. The van der Waals surface area contributed by atoms with Gasteiger partial charge in [-0.25, -0.2) is 0 Å². The number of nitrogens with one attached hydrogen (secondary N) is 1. The monoisotopic (exact) mass is 391 g/mol. The predicted molar refractivity (Wildman–Crippen MR) is 106 cm³/mol. The summed E-state index contributed by atoms with van der Waals surface area (Å²) >= 11 is 6.25. The molecule has 1 saturated heterocycles. The molecule has 1 N–H and O–H groups in total. The van der Waals surface area contributed by atoms with Crippen LogP contribution in [0.15, 0.2) is 24.3 Å². The molecule has 3 aliphatic rings. The quantitative estimate of drug-likeness (QED) is 0.810. The van der Waals surface area contributed by atoms with Gasteiger partial charge in [-0.15, -0.1) is 0 Å². The van der Waals surface area contributed by atoms with Crippen LogP contribution in [0.1, 0.15) is 51.2 Å². The van der Waals surface area contributed by atoms with E-state index in [9.17, 15) is 4.79 Å². The number of carbonyl (C=O) groups excluding carboxylic acids is 1. The minimum absolute atomic E-state index is 0.0666. The van der Waals surface area contributed by atoms with Crippen molar-refractivity contribution in [2.75, 3.05) is 20.3 Å². The van der Waals surface area contributed by atoms with Gasteiger partial charge >= 0.3 is 0 Å². The van der Waals surface area contributed by atoms with Crippen molar-refractivity contribution in [1.82, 2.24) is 5.32 Å². The lowest BCUT2D eigenvalue weighted by molar-refractivity contribution is -0.137. The molecule has 5 heteroatoms. The number of carbonyl (C=O) groups is 1. The molecule has 1 spiro atoms. The molecule has 4 nitrogen and oxygen atoms in total. The Kier molecular flexibility index (Phi) is 5.02. The minimum atomic E-state index is 0.0666. The van der Waals surface area contributed by atoms with E-state index < -0.39 is 0 Å². The van der Waals surface area contributed by atoms with E-state index >= 15 is 0 Å². The number of methoxy groups -OCH3 is 1. The fourth-order valence-corrected chi connectivity index (χ4v) is 6.43. The molecule has 1 amide bonds. The summed E-state index contributed by atoms with van der Waals surface area (Å²) in [5.74, 6) is 1.13. The molecular formula is C22H30ClNO3. The van der Waals surface area contributed by atoms with Gasteiger partial charge in [-0.1, -0.05) is 37.6 Å². The topological polar surface area (TPSA) is 47.6 Å². The molecule has 2 bridgehead atoms. The van der Waals surface area contributed by atoms with Crippen molar-refractivity contribution >= 4 is 17.5 Å². The van der Waals surface area contributed by atoms with Crippen molar-refractivity contribution in [3.05, 3.63) is 34.9 Å². The first kappa shape index (κ1) is 19.2. The molecule has 2 saturated carbocycles. The van der Waals surface area contributed by atoms with Gasteiger partial charge in [-0.2, -0.15) is 0 Å². The van der Waals surface area contributed by atoms with E-state index in [0.29, 0.717) is 24.9 Å². The highest BCUT2D eigenvalue weighted by Crippen LogP contribution is 2.70. The van der Waals surface area contributed by atoms with Gasteiger partial charge in [0.1, 0.15) is 0 Å². The van der Waals surface area contributed by atoms with E-state index in [1.54, 1.807) is 7.11 Å². The Labute approximate surface area is 166 Å². The SMILES string of the molecule is COCCC(=O)N[C@H]1C(C)(C)[C@@H]2C[C@@H]3[C@@H](c4cccc(Cl)c4)OCC[C@@]31C2. The molecule has 0 unspecified atom stereocenters. The lowest BCUT2D eigenvalue weighted by Gasteiger charge is -2.53. The lowest BCUT2D eigenvalue weighted by Crippen LogP contribution is -2.59. The molecule has 2 aliphatic carbocycles. The summed E-state index contributed by atoms with van der Waals surface area (Å²) in [5.41, 5.74) is 1.39.